The second-order valence-electron chi connectivity index (χ2n) is 12.4. The van der Waals surface area contributed by atoms with Crippen molar-refractivity contribution in [2.24, 2.45) is 0 Å². The van der Waals surface area contributed by atoms with Crippen molar-refractivity contribution in [3.63, 3.8) is 0 Å². The molecule has 0 bridgehead atoms. The Bertz CT molecular complexity index is 3070. The first-order valence-electron chi connectivity index (χ1n) is 16.1. The van der Waals surface area contributed by atoms with Gasteiger partial charge < -0.3 is 13.6 Å². The van der Waals surface area contributed by atoms with Crippen LogP contribution < -0.4 is 0 Å². The maximum absolute atomic E-state index is 9.98. The summed E-state index contributed by atoms with van der Waals surface area (Å²) in [7, 11) is 0. The minimum absolute atomic E-state index is 0.573. The van der Waals surface area contributed by atoms with Crippen LogP contribution in [0, 0.1) is 22.7 Å². The summed E-state index contributed by atoms with van der Waals surface area (Å²) >= 11 is 0. The number of fused-ring (bicyclic) bond motifs is 10. The first kappa shape index (κ1) is 27.1. The van der Waals surface area contributed by atoms with Gasteiger partial charge in [0.2, 0.25) is 0 Å². The number of rotatable bonds is 3. The first-order chi connectivity index (χ1) is 24.2. The van der Waals surface area contributed by atoms with Gasteiger partial charge in [-0.1, -0.05) is 72.8 Å². The van der Waals surface area contributed by atoms with Gasteiger partial charge in [0.15, 0.2) is 5.58 Å². The number of aromatic nitrogens is 2. The van der Waals surface area contributed by atoms with Gasteiger partial charge in [-0.25, -0.2) is 0 Å². The summed E-state index contributed by atoms with van der Waals surface area (Å²) in [6, 6.07) is 54.2. The fourth-order valence-electron chi connectivity index (χ4n) is 7.63. The normalized spacial score (nSPS) is 11.6. The zero-order valence-electron chi connectivity index (χ0n) is 26.1. The molecule has 5 heteroatoms. The Morgan fingerprint density at radius 3 is 1.92 bits per heavy atom. The predicted octanol–water partition coefficient (Wildman–Crippen LogP) is 11.2. The molecule has 0 N–H and O–H groups in total. The van der Waals surface area contributed by atoms with Crippen molar-refractivity contribution in [1.29, 1.82) is 10.5 Å². The molecule has 3 heterocycles. The van der Waals surface area contributed by atoms with Crippen LogP contribution in [0.25, 0.3) is 88.1 Å². The van der Waals surface area contributed by atoms with Crippen molar-refractivity contribution in [2.45, 2.75) is 0 Å². The molecule has 7 aromatic carbocycles. The third-order valence-electron chi connectivity index (χ3n) is 9.77. The van der Waals surface area contributed by atoms with Gasteiger partial charge in [0, 0.05) is 43.6 Å². The monoisotopic (exact) mass is 624 g/mol. The summed E-state index contributed by atoms with van der Waals surface area (Å²) in [5, 5.41) is 26.1. The maximum Gasteiger partial charge on any atom is 0.160 e. The molecule has 0 radical (unpaired) electrons. The predicted molar refractivity (Wildman–Crippen MR) is 197 cm³/mol. The Balaban J connectivity index is 1.25. The summed E-state index contributed by atoms with van der Waals surface area (Å²) < 4.78 is 11.2. The van der Waals surface area contributed by atoms with E-state index in [9.17, 15) is 10.5 Å². The molecule has 0 saturated heterocycles. The summed E-state index contributed by atoms with van der Waals surface area (Å²) in [6.07, 6.45) is 0. The Morgan fingerprint density at radius 1 is 0.469 bits per heavy atom. The van der Waals surface area contributed by atoms with Gasteiger partial charge in [-0.05, 0) is 78.4 Å². The van der Waals surface area contributed by atoms with E-state index in [0.717, 1.165) is 82.7 Å². The molecule has 0 amide bonds. The number of hydrogen-bond donors (Lipinski definition) is 0. The molecule has 0 aliphatic carbocycles. The number of para-hydroxylation sites is 3. The topological polar surface area (TPSA) is 70.6 Å². The van der Waals surface area contributed by atoms with E-state index in [0.29, 0.717) is 11.1 Å². The van der Waals surface area contributed by atoms with E-state index in [-0.39, 0.29) is 0 Å². The molecule has 49 heavy (non-hydrogen) atoms. The first-order valence-corrected chi connectivity index (χ1v) is 16.1. The fourth-order valence-corrected chi connectivity index (χ4v) is 7.63. The van der Waals surface area contributed by atoms with Crippen LogP contribution in [0.3, 0.4) is 0 Å². The molecular formula is C44H24N4O. The lowest BCUT2D eigenvalue weighted by atomic mass is 9.99. The molecule has 5 nitrogen and oxygen atoms in total. The molecule has 0 fully saturated rings. The van der Waals surface area contributed by atoms with E-state index < -0.39 is 0 Å². The van der Waals surface area contributed by atoms with Crippen LogP contribution in [0.4, 0.5) is 0 Å². The van der Waals surface area contributed by atoms with Crippen molar-refractivity contribution >= 4 is 65.6 Å². The van der Waals surface area contributed by atoms with Crippen LogP contribution in [0.1, 0.15) is 11.1 Å². The van der Waals surface area contributed by atoms with E-state index in [1.807, 2.05) is 54.6 Å². The summed E-state index contributed by atoms with van der Waals surface area (Å²) in [6.45, 7) is 0. The smallest absolute Gasteiger partial charge is 0.160 e. The van der Waals surface area contributed by atoms with Crippen molar-refractivity contribution in [1.82, 2.24) is 9.13 Å². The Morgan fingerprint density at radius 2 is 1.12 bits per heavy atom. The van der Waals surface area contributed by atoms with Gasteiger partial charge in [-0.2, -0.15) is 10.5 Å². The summed E-state index contributed by atoms with van der Waals surface area (Å²) in [4.78, 5) is 0. The number of nitriles is 2. The van der Waals surface area contributed by atoms with Gasteiger partial charge in [-0.15, -0.1) is 0 Å². The lowest BCUT2D eigenvalue weighted by molar-refractivity contribution is 0.671. The number of nitrogens with zero attached hydrogens (tertiary/aromatic N) is 4. The molecule has 0 aliphatic rings. The van der Waals surface area contributed by atoms with Gasteiger partial charge in [-0.3, -0.25) is 0 Å². The maximum atomic E-state index is 9.98. The second kappa shape index (κ2) is 10.2. The SMILES string of the molecule is N#Cc1ccc(-c2ccc3oc4c(ccc5c6ccccc6n(-c6ccccc6)c54)c3c2)c(-n2c3ccccc3c3cc(C#N)ccc32)c1. The second-order valence-corrected chi connectivity index (χ2v) is 12.4. The highest BCUT2D eigenvalue weighted by Gasteiger charge is 2.21. The largest absolute Gasteiger partial charge is 0.454 e. The molecule has 0 atom stereocenters. The number of benzene rings is 7. The summed E-state index contributed by atoms with van der Waals surface area (Å²) in [5.41, 5.74) is 11.0. The highest BCUT2D eigenvalue weighted by atomic mass is 16.3. The van der Waals surface area contributed by atoms with E-state index in [1.165, 1.54) is 5.39 Å². The highest BCUT2D eigenvalue weighted by molar-refractivity contribution is 6.22. The molecule has 3 aromatic heterocycles. The van der Waals surface area contributed by atoms with Crippen molar-refractivity contribution < 1.29 is 4.42 Å². The van der Waals surface area contributed by atoms with Crippen molar-refractivity contribution in [3.8, 4) is 34.6 Å². The summed E-state index contributed by atoms with van der Waals surface area (Å²) in [5.74, 6) is 0. The minimum atomic E-state index is 0.573. The van der Waals surface area contributed by atoms with Crippen LogP contribution in [0.2, 0.25) is 0 Å². The molecule has 0 aliphatic heterocycles. The molecule has 0 saturated carbocycles. The van der Waals surface area contributed by atoms with Crippen molar-refractivity contribution in [3.05, 3.63) is 157 Å². The Kier molecular flexibility index (Phi) is 5.64. The zero-order chi connectivity index (χ0) is 32.6. The standard InChI is InChI=1S/C44H24N4O/c45-25-27-15-20-40-36(22-27)33-11-5-7-13-39(33)48(40)41-23-28(26-46)14-17-31(41)29-16-21-42-37(24-29)35-19-18-34-32-10-4-6-12-38(32)47(43(34)44(35)49-42)30-8-2-1-3-9-30/h1-24H. The van der Waals surface area contributed by atoms with Crippen LogP contribution in [-0.4, -0.2) is 9.13 Å². The van der Waals surface area contributed by atoms with Gasteiger partial charge in [0.1, 0.15) is 5.58 Å². The van der Waals surface area contributed by atoms with Crippen LogP contribution in [-0.2, 0) is 0 Å². The van der Waals surface area contributed by atoms with E-state index in [2.05, 4.69) is 112 Å². The highest BCUT2D eigenvalue weighted by Crippen LogP contribution is 2.42. The zero-order valence-corrected chi connectivity index (χ0v) is 26.1. The van der Waals surface area contributed by atoms with Gasteiger partial charge in [0.25, 0.3) is 0 Å². The fraction of sp³-hybridized carbons (Fsp3) is 0. The minimum Gasteiger partial charge on any atom is -0.454 e. The molecule has 0 spiro atoms. The third kappa shape index (κ3) is 3.85. The van der Waals surface area contributed by atoms with Gasteiger partial charge >= 0.3 is 0 Å². The average molecular weight is 625 g/mol. The molecule has 226 valence electrons. The molecular weight excluding hydrogens is 601 g/mol. The average Bonchev–Trinajstić information content (AvgIpc) is 3.82. The Hall–Kier alpha value is -7.08. The van der Waals surface area contributed by atoms with Crippen molar-refractivity contribution in [2.75, 3.05) is 0 Å². The van der Waals surface area contributed by atoms with E-state index in [4.69, 9.17) is 4.42 Å². The quantitative estimate of drug-likeness (QED) is 0.196. The van der Waals surface area contributed by atoms with Crippen LogP contribution >= 0.6 is 0 Å². The number of hydrogen-bond acceptors (Lipinski definition) is 3. The molecule has 0 unspecified atom stereocenters. The van der Waals surface area contributed by atoms with Crippen LogP contribution in [0.15, 0.2) is 150 Å². The molecule has 10 aromatic rings. The Labute approximate surface area is 280 Å². The van der Waals surface area contributed by atoms with E-state index in [1.54, 1.807) is 0 Å². The van der Waals surface area contributed by atoms with Gasteiger partial charge in [0.05, 0.1) is 51.0 Å². The van der Waals surface area contributed by atoms with Crippen LogP contribution in [0.5, 0.6) is 0 Å². The number of furan rings is 1. The lowest BCUT2D eigenvalue weighted by Crippen LogP contribution is -1.98. The third-order valence-corrected chi connectivity index (χ3v) is 9.77. The van der Waals surface area contributed by atoms with E-state index >= 15 is 0 Å². The molecule has 10 rings (SSSR count). The lowest BCUT2D eigenvalue weighted by Gasteiger charge is -2.15.